The third kappa shape index (κ3) is 2.85. The molecule has 1 saturated heterocycles. The molecule has 2 bridgehead atoms. The minimum absolute atomic E-state index is 0.253. The highest BCUT2D eigenvalue weighted by Gasteiger charge is 2.53. The van der Waals surface area contributed by atoms with E-state index < -0.39 is 0 Å². The molecule has 0 radical (unpaired) electrons. The molecular weight excluding hydrogens is 354 g/mol. The maximum absolute atomic E-state index is 12.5. The molecule has 2 heterocycles. The van der Waals surface area contributed by atoms with Gasteiger partial charge in [0.2, 0.25) is 0 Å². The van der Waals surface area contributed by atoms with Crippen LogP contribution in [0.25, 0.3) is 0 Å². The van der Waals surface area contributed by atoms with E-state index in [0.29, 0.717) is 24.1 Å². The summed E-state index contributed by atoms with van der Waals surface area (Å²) in [5, 5.41) is 12.1. The standard InChI is InChI=1S/C23H27NO2S/c25-17-7-6-16-14-20-18-4-1-2-9-23(18,19(16)15-17)10-12-24(20)11-8-21(26)22-5-3-13-27-22/h3,5-7,13,15,18,20,25H,1-2,4,8-12,14H2/t18-,20-,23-/m0/s1. The number of fused-ring (bicyclic) bond motifs is 1. The number of Topliss-reactive ketones (excluding diaryl/α,β-unsaturated/α-hetero) is 1. The number of thiophene rings is 1. The Labute approximate surface area is 165 Å². The number of nitrogens with zero attached hydrogens (tertiary/aromatic N) is 1. The van der Waals surface area contributed by atoms with E-state index in [1.54, 1.807) is 11.3 Å². The molecule has 1 aromatic heterocycles. The number of carbonyl (C=O) groups is 1. The van der Waals surface area contributed by atoms with Crippen LogP contribution >= 0.6 is 11.3 Å². The molecule has 2 aromatic rings. The lowest BCUT2D eigenvalue weighted by molar-refractivity contribution is -0.0110. The van der Waals surface area contributed by atoms with Crippen molar-refractivity contribution < 1.29 is 9.90 Å². The lowest BCUT2D eigenvalue weighted by Gasteiger charge is -2.59. The molecule has 0 spiro atoms. The Morgan fingerprint density at radius 1 is 1.26 bits per heavy atom. The molecule has 1 N–H and O–H groups in total. The fourth-order valence-corrected chi connectivity index (χ4v) is 6.85. The summed E-state index contributed by atoms with van der Waals surface area (Å²) in [4.78, 5) is 16.0. The van der Waals surface area contributed by atoms with Crippen LogP contribution in [-0.4, -0.2) is 34.9 Å². The van der Waals surface area contributed by atoms with Gasteiger partial charge < -0.3 is 5.11 Å². The molecule has 1 aromatic carbocycles. The van der Waals surface area contributed by atoms with Gasteiger partial charge in [-0.05, 0) is 72.9 Å². The van der Waals surface area contributed by atoms with Crippen molar-refractivity contribution in [2.24, 2.45) is 5.92 Å². The summed E-state index contributed by atoms with van der Waals surface area (Å²) in [6.45, 7) is 1.95. The van der Waals surface area contributed by atoms with E-state index in [2.05, 4.69) is 17.0 Å². The number of carbonyl (C=O) groups excluding carboxylic acids is 1. The molecule has 3 nitrogen and oxygen atoms in total. The Morgan fingerprint density at radius 2 is 2.19 bits per heavy atom. The number of hydrogen-bond acceptors (Lipinski definition) is 4. The lowest BCUT2D eigenvalue weighted by atomic mass is 9.52. The van der Waals surface area contributed by atoms with Crippen molar-refractivity contribution in [3.63, 3.8) is 0 Å². The van der Waals surface area contributed by atoms with E-state index in [-0.39, 0.29) is 11.2 Å². The van der Waals surface area contributed by atoms with E-state index in [9.17, 15) is 9.90 Å². The van der Waals surface area contributed by atoms with Gasteiger partial charge in [-0.2, -0.15) is 0 Å². The highest BCUT2D eigenvalue weighted by atomic mass is 32.1. The van der Waals surface area contributed by atoms with E-state index in [1.165, 1.54) is 36.8 Å². The molecule has 4 heteroatoms. The first-order chi connectivity index (χ1) is 13.2. The Kier molecular flexibility index (Phi) is 4.36. The maximum Gasteiger partial charge on any atom is 0.174 e. The van der Waals surface area contributed by atoms with Crippen LogP contribution in [0.3, 0.4) is 0 Å². The van der Waals surface area contributed by atoms with Gasteiger partial charge in [0.05, 0.1) is 4.88 Å². The van der Waals surface area contributed by atoms with Gasteiger partial charge in [-0.3, -0.25) is 9.69 Å². The molecule has 1 saturated carbocycles. The van der Waals surface area contributed by atoms with Crippen LogP contribution in [0.1, 0.15) is 59.3 Å². The minimum atomic E-state index is 0.253. The second-order valence-corrected chi connectivity index (χ2v) is 9.51. The minimum Gasteiger partial charge on any atom is -0.508 e. The molecule has 3 aliphatic rings. The van der Waals surface area contributed by atoms with Gasteiger partial charge in [0.1, 0.15) is 5.75 Å². The largest absolute Gasteiger partial charge is 0.508 e. The zero-order chi connectivity index (χ0) is 18.4. The fraction of sp³-hybridized carbons (Fsp3) is 0.522. The summed E-state index contributed by atoms with van der Waals surface area (Å²) in [5.74, 6) is 1.37. The normalized spacial score (nSPS) is 29.8. The topological polar surface area (TPSA) is 40.5 Å². The lowest BCUT2D eigenvalue weighted by Crippen LogP contribution is -2.61. The number of piperidine rings is 1. The second kappa shape index (κ2) is 6.75. The third-order valence-electron chi connectivity index (χ3n) is 7.36. The highest BCUT2D eigenvalue weighted by molar-refractivity contribution is 7.12. The second-order valence-electron chi connectivity index (χ2n) is 8.56. The van der Waals surface area contributed by atoms with E-state index in [4.69, 9.17) is 0 Å². The maximum atomic E-state index is 12.5. The first-order valence-electron chi connectivity index (χ1n) is 10.3. The van der Waals surface area contributed by atoms with Crippen molar-refractivity contribution in [2.75, 3.05) is 13.1 Å². The van der Waals surface area contributed by atoms with Crippen molar-refractivity contribution in [1.29, 1.82) is 0 Å². The molecule has 0 unspecified atom stereocenters. The number of phenols is 1. The van der Waals surface area contributed by atoms with Gasteiger partial charge in [0.15, 0.2) is 5.78 Å². The number of benzene rings is 1. The first kappa shape index (κ1) is 17.4. The van der Waals surface area contributed by atoms with Crippen LogP contribution in [-0.2, 0) is 11.8 Å². The molecule has 2 aliphatic carbocycles. The number of ketones is 1. The smallest absolute Gasteiger partial charge is 0.174 e. The Balaban J connectivity index is 1.41. The van der Waals surface area contributed by atoms with Gasteiger partial charge in [-0.1, -0.05) is 25.0 Å². The Bertz CT molecular complexity index is 846. The van der Waals surface area contributed by atoms with Gasteiger partial charge >= 0.3 is 0 Å². The number of phenolic OH excluding ortho intramolecular Hbond substituents is 1. The predicted octanol–water partition coefficient (Wildman–Crippen LogP) is 4.79. The zero-order valence-electron chi connectivity index (χ0n) is 15.7. The molecule has 2 fully saturated rings. The van der Waals surface area contributed by atoms with E-state index in [0.717, 1.165) is 30.8 Å². The van der Waals surface area contributed by atoms with Crippen molar-refractivity contribution in [2.45, 2.75) is 56.4 Å². The molecule has 0 amide bonds. The molecule has 27 heavy (non-hydrogen) atoms. The SMILES string of the molecule is O=C(CCN1CC[C@@]23CCCC[C@H]2[C@@H]1Cc1ccc(O)cc13)c1cccs1. The van der Waals surface area contributed by atoms with Crippen molar-refractivity contribution in [3.05, 3.63) is 51.7 Å². The van der Waals surface area contributed by atoms with Gasteiger partial charge in [0.25, 0.3) is 0 Å². The number of likely N-dealkylation sites (tertiary alicyclic amines) is 1. The van der Waals surface area contributed by atoms with Gasteiger partial charge in [-0.25, -0.2) is 0 Å². The molecule has 1 aliphatic heterocycles. The monoisotopic (exact) mass is 381 g/mol. The zero-order valence-corrected chi connectivity index (χ0v) is 16.5. The number of hydrogen-bond donors (Lipinski definition) is 1. The van der Waals surface area contributed by atoms with Gasteiger partial charge in [-0.15, -0.1) is 11.3 Å². The molecule has 3 atom stereocenters. The molecule has 5 rings (SSSR count). The van der Waals surface area contributed by atoms with Crippen molar-refractivity contribution >= 4 is 17.1 Å². The predicted molar refractivity (Wildman–Crippen MR) is 109 cm³/mol. The van der Waals surface area contributed by atoms with Crippen LogP contribution < -0.4 is 0 Å². The number of aromatic hydroxyl groups is 1. The average Bonchev–Trinajstić information content (AvgIpc) is 3.22. The summed E-state index contributed by atoms with van der Waals surface area (Å²) in [5.41, 5.74) is 3.10. The third-order valence-corrected chi connectivity index (χ3v) is 8.27. The first-order valence-corrected chi connectivity index (χ1v) is 11.2. The number of rotatable bonds is 4. The van der Waals surface area contributed by atoms with Gasteiger partial charge in [0, 0.05) is 24.4 Å². The van der Waals surface area contributed by atoms with E-state index in [1.807, 2.05) is 23.6 Å². The van der Waals surface area contributed by atoms with Crippen LogP contribution in [0.4, 0.5) is 0 Å². The summed E-state index contributed by atoms with van der Waals surface area (Å²) in [7, 11) is 0. The molecule has 142 valence electrons. The van der Waals surface area contributed by atoms with Crippen LogP contribution in [0.2, 0.25) is 0 Å². The highest BCUT2D eigenvalue weighted by Crippen LogP contribution is 2.56. The molecular formula is C23H27NO2S. The summed E-state index contributed by atoms with van der Waals surface area (Å²) >= 11 is 1.55. The summed E-state index contributed by atoms with van der Waals surface area (Å²) in [6.07, 6.45) is 8.02. The van der Waals surface area contributed by atoms with Crippen molar-refractivity contribution in [3.8, 4) is 5.75 Å². The van der Waals surface area contributed by atoms with E-state index >= 15 is 0 Å². The van der Waals surface area contributed by atoms with Crippen LogP contribution in [0.15, 0.2) is 35.7 Å². The Morgan fingerprint density at radius 3 is 3.04 bits per heavy atom. The summed E-state index contributed by atoms with van der Waals surface area (Å²) in [6, 6.07) is 10.5. The average molecular weight is 382 g/mol. The quantitative estimate of drug-likeness (QED) is 0.775. The fourth-order valence-electron chi connectivity index (χ4n) is 6.16. The van der Waals surface area contributed by atoms with Crippen molar-refractivity contribution in [1.82, 2.24) is 4.90 Å². The summed E-state index contributed by atoms with van der Waals surface area (Å²) < 4.78 is 0. The van der Waals surface area contributed by atoms with Crippen LogP contribution in [0, 0.1) is 5.92 Å². The Hall–Kier alpha value is -1.65. The van der Waals surface area contributed by atoms with Crippen LogP contribution in [0.5, 0.6) is 5.75 Å².